The maximum Gasteiger partial charge on any atom is 0.142 e. The third-order valence-corrected chi connectivity index (χ3v) is 3.94. The molecule has 0 radical (unpaired) electrons. The van der Waals surface area contributed by atoms with E-state index in [0.717, 1.165) is 50.5 Å². The minimum Gasteiger partial charge on any atom is -0.490 e. The lowest BCUT2D eigenvalue weighted by Crippen LogP contribution is -2.34. The molecule has 3 rings (SSSR count). The fourth-order valence-corrected chi connectivity index (χ4v) is 2.92. The van der Waals surface area contributed by atoms with E-state index in [1.54, 1.807) is 0 Å². The summed E-state index contributed by atoms with van der Waals surface area (Å²) in [6.07, 6.45) is 2.73. The van der Waals surface area contributed by atoms with Crippen LogP contribution >= 0.6 is 0 Å². The zero-order chi connectivity index (χ0) is 13.1. The van der Waals surface area contributed by atoms with Crippen LogP contribution in [0.4, 0.5) is 10.1 Å². The molecular formula is C16H25FN2O. The Morgan fingerprint density at radius 3 is 2.70 bits per heavy atom. The molecule has 0 fully saturated rings. The van der Waals surface area contributed by atoms with Gasteiger partial charge in [-0.1, -0.05) is 7.43 Å². The van der Waals surface area contributed by atoms with Gasteiger partial charge >= 0.3 is 0 Å². The summed E-state index contributed by atoms with van der Waals surface area (Å²) in [6.45, 7) is 4.18. The summed E-state index contributed by atoms with van der Waals surface area (Å²) in [6, 6.07) is 4.45. The molecule has 0 saturated heterocycles. The SMILES string of the molecule is C.FCCCN1CCOc2cc3c(cc21)CCNCC3. The van der Waals surface area contributed by atoms with Crippen molar-refractivity contribution in [2.75, 3.05) is 44.4 Å². The first-order chi connectivity index (χ1) is 9.38. The molecule has 1 aromatic rings. The first-order valence-electron chi connectivity index (χ1n) is 7.19. The minimum absolute atomic E-state index is 0. The summed E-state index contributed by atoms with van der Waals surface area (Å²) in [5.41, 5.74) is 3.97. The molecule has 0 aromatic heterocycles. The smallest absolute Gasteiger partial charge is 0.142 e. The van der Waals surface area contributed by atoms with Gasteiger partial charge < -0.3 is 15.0 Å². The van der Waals surface area contributed by atoms with Crippen LogP contribution in [-0.2, 0) is 12.8 Å². The Hall–Kier alpha value is -1.29. The minimum atomic E-state index is -0.248. The Kier molecular flexibility index (Phi) is 5.24. The van der Waals surface area contributed by atoms with Crippen molar-refractivity contribution in [2.24, 2.45) is 0 Å². The van der Waals surface area contributed by atoms with Crippen LogP contribution in [0.5, 0.6) is 5.75 Å². The number of rotatable bonds is 3. The molecule has 0 aliphatic carbocycles. The molecule has 1 N–H and O–H groups in total. The maximum atomic E-state index is 12.4. The van der Waals surface area contributed by atoms with Crippen molar-refractivity contribution >= 4 is 5.69 Å². The molecule has 0 unspecified atom stereocenters. The summed E-state index contributed by atoms with van der Waals surface area (Å²) in [4.78, 5) is 2.26. The topological polar surface area (TPSA) is 24.5 Å². The number of benzene rings is 1. The van der Waals surface area contributed by atoms with E-state index in [4.69, 9.17) is 4.74 Å². The van der Waals surface area contributed by atoms with Crippen molar-refractivity contribution in [3.05, 3.63) is 23.3 Å². The van der Waals surface area contributed by atoms with Gasteiger partial charge in [0.05, 0.1) is 18.9 Å². The van der Waals surface area contributed by atoms with Gasteiger partial charge in [-0.25, -0.2) is 0 Å². The van der Waals surface area contributed by atoms with E-state index in [0.29, 0.717) is 13.0 Å². The summed E-state index contributed by atoms with van der Waals surface area (Å²) in [5.74, 6) is 0.978. The molecule has 0 saturated carbocycles. The fourth-order valence-electron chi connectivity index (χ4n) is 2.92. The molecular weight excluding hydrogens is 255 g/mol. The van der Waals surface area contributed by atoms with Crippen LogP contribution in [0, 0.1) is 0 Å². The monoisotopic (exact) mass is 280 g/mol. The van der Waals surface area contributed by atoms with Crippen LogP contribution in [0.2, 0.25) is 0 Å². The molecule has 2 aliphatic rings. The second-order valence-corrected chi connectivity index (χ2v) is 5.22. The second-order valence-electron chi connectivity index (χ2n) is 5.22. The zero-order valence-electron chi connectivity index (χ0n) is 11.3. The highest BCUT2D eigenvalue weighted by Crippen LogP contribution is 2.35. The number of halogens is 1. The van der Waals surface area contributed by atoms with Crippen molar-refractivity contribution in [3.8, 4) is 5.75 Å². The lowest BCUT2D eigenvalue weighted by molar-refractivity contribution is 0.305. The zero-order valence-corrected chi connectivity index (χ0v) is 11.3. The number of alkyl halides is 1. The van der Waals surface area contributed by atoms with Crippen LogP contribution in [0.1, 0.15) is 25.0 Å². The molecule has 1 aromatic carbocycles. The van der Waals surface area contributed by atoms with Crippen LogP contribution in [0.15, 0.2) is 12.1 Å². The van der Waals surface area contributed by atoms with Gasteiger partial charge in [0, 0.05) is 6.54 Å². The van der Waals surface area contributed by atoms with Gasteiger partial charge in [-0.05, 0) is 55.6 Å². The largest absolute Gasteiger partial charge is 0.490 e. The molecule has 20 heavy (non-hydrogen) atoms. The van der Waals surface area contributed by atoms with Gasteiger partial charge in [0.2, 0.25) is 0 Å². The third kappa shape index (κ3) is 3.06. The van der Waals surface area contributed by atoms with E-state index >= 15 is 0 Å². The highest BCUT2D eigenvalue weighted by molar-refractivity contribution is 5.63. The summed E-state index contributed by atoms with van der Waals surface area (Å²) in [7, 11) is 0. The molecule has 4 heteroatoms. The second kappa shape index (κ2) is 6.93. The number of fused-ring (bicyclic) bond motifs is 2. The predicted molar refractivity (Wildman–Crippen MR) is 81.8 cm³/mol. The van der Waals surface area contributed by atoms with E-state index in [9.17, 15) is 4.39 Å². The molecule has 2 aliphatic heterocycles. The molecule has 3 nitrogen and oxygen atoms in total. The number of nitrogens with one attached hydrogen (secondary N) is 1. The van der Waals surface area contributed by atoms with Crippen molar-refractivity contribution in [2.45, 2.75) is 26.7 Å². The predicted octanol–water partition coefficient (Wildman–Crippen LogP) is 2.57. The molecule has 0 bridgehead atoms. The van der Waals surface area contributed by atoms with Crippen molar-refractivity contribution in [1.82, 2.24) is 5.32 Å². The van der Waals surface area contributed by atoms with Gasteiger partial charge in [0.15, 0.2) is 0 Å². The maximum absolute atomic E-state index is 12.4. The van der Waals surface area contributed by atoms with Crippen molar-refractivity contribution < 1.29 is 9.13 Å². The van der Waals surface area contributed by atoms with Crippen molar-refractivity contribution in [1.29, 1.82) is 0 Å². The molecule has 112 valence electrons. The van der Waals surface area contributed by atoms with E-state index in [1.165, 1.54) is 11.1 Å². The summed E-state index contributed by atoms with van der Waals surface area (Å²) < 4.78 is 18.2. The quantitative estimate of drug-likeness (QED) is 0.921. The van der Waals surface area contributed by atoms with Crippen LogP contribution in [0.3, 0.4) is 0 Å². The summed E-state index contributed by atoms with van der Waals surface area (Å²) >= 11 is 0. The highest BCUT2D eigenvalue weighted by atomic mass is 19.1. The normalized spacial score (nSPS) is 17.4. The molecule has 2 heterocycles. The number of anilines is 1. The van der Waals surface area contributed by atoms with Gasteiger partial charge in [0.1, 0.15) is 12.4 Å². The Morgan fingerprint density at radius 2 is 1.95 bits per heavy atom. The Balaban J connectivity index is 0.00000147. The molecule has 0 atom stereocenters. The number of nitrogens with zero attached hydrogens (tertiary/aromatic N) is 1. The van der Waals surface area contributed by atoms with Gasteiger partial charge in [-0.15, -0.1) is 0 Å². The number of hydrogen-bond donors (Lipinski definition) is 1. The van der Waals surface area contributed by atoms with E-state index in [-0.39, 0.29) is 14.1 Å². The standard InChI is InChI=1S/C15H21FN2O.CH4/c16-4-1-7-18-8-9-19-15-11-13-3-6-17-5-2-12(13)10-14(15)18;/h10-11,17H,1-9H2;1H4. The van der Waals surface area contributed by atoms with Gasteiger partial charge in [0.25, 0.3) is 0 Å². The number of hydrogen-bond acceptors (Lipinski definition) is 3. The average Bonchev–Trinajstić information content (AvgIpc) is 2.67. The van der Waals surface area contributed by atoms with E-state index in [1.807, 2.05) is 0 Å². The first kappa shape index (κ1) is 15.1. The van der Waals surface area contributed by atoms with E-state index < -0.39 is 0 Å². The van der Waals surface area contributed by atoms with Gasteiger partial charge in [-0.3, -0.25) is 4.39 Å². The van der Waals surface area contributed by atoms with Crippen LogP contribution in [-0.4, -0.2) is 39.5 Å². The Labute approximate surface area is 121 Å². The van der Waals surface area contributed by atoms with E-state index in [2.05, 4.69) is 22.3 Å². The van der Waals surface area contributed by atoms with Crippen LogP contribution < -0.4 is 15.0 Å². The molecule has 0 spiro atoms. The summed E-state index contributed by atoms with van der Waals surface area (Å²) in [5, 5.41) is 3.43. The Bertz CT molecular complexity index is 450. The molecule has 0 amide bonds. The number of ether oxygens (including phenoxy) is 1. The third-order valence-electron chi connectivity index (χ3n) is 3.94. The Morgan fingerprint density at radius 1 is 1.20 bits per heavy atom. The fraction of sp³-hybridized carbons (Fsp3) is 0.625. The highest BCUT2D eigenvalue weighted by Gasteiger charge is 2.20. The first-order valence-corrected chi connectivity index (χ1v) is 7.19. The lowest BCUT2D eigenvalue weighted by atomic mass is 10.0. The van der Waals surface area contributed by atoms with Crippen LogP contribution in [0.25, 0.3) is 0 Å². The lowest BCUT2D eigenvalue weighted by Gasteiger charge is -2.32. The average molecular weight is 280 g/mol. The van der Waals surface area contributed by atoms with Gasteiger partial charge in [-0.2, -0.15) is 0 Å². The van der Waals surface area contributed by atoms with Crippen molar-refractivity contribution in [3.63, 3.8) is 0 Å².